The van der Waals surface area contributed by atoms with Gasteiger partial charge in [0.25, 0.3) is 0 Å². The topological polar surface area (TPSA) is 276 Å². The average molecular weight is 891 g/mol. The largest absolute Gasteiger partial charge is 0.394 e. The van der Waals surface area contributed by atoms with Crippen LogP contribution < -0.4 is 0 Å². The fourth-order valence-corrected chi connectivity index (χ4v) is 2.80. The fourth-order valence-electron chi connectivity index (χ4n) is 2.80. The van der Waals surface area contributed by atoms with E-state index in [9.17, 15) is 14.7 Å². The van der Waals surface area contributed by atoms with Gasteiger partial charge in [0, 0.05) is 81.0 Å². The zero-order valence-electron chi connectivity index (χ0n) is 39.7. The molecule has 60 heavy (non-hydrogen) atoms. The maximum Gasteiger partial charge on any atom is 0.225 e. The first kappa shape index (κ1) is 75.7. The van der Waals surface area contributed by atoms with Crippen LogP contribution in [0.4, 0.5) is 0 Å². The van der Waals surface area contributed by atoms with Crippen LogP contribution in [0.2, 0.25) is 0 Å². The number of carbonyl (C=O) groups excluding carboxylic acids is 2. The van der Waals surface area contributed by atoms with Crippen LogP contribution >= 0.6 is 0 Å². The molecule has 20 nitrogen and oxygen atoms in total. The Bertz CT molecular complexity index is 587. The average Bonchev–Trinajstić information content (AvgIpc) is 3.24. The molecule has 8 N–H and O–H groups in total. The van der Waals surface area contributed by atoms with Crippen molar-refractivity contribution < 1.29 is 88.3 Å². The number of hydrogen-bond acceptors (Lipinski definition) is 18. The van der Waals surface area contributed by atoms with Gasteiger partial charge in [-0.15, -0.1) is 0 Å². The van der Waals surface area contributed by atoms with Gasteiger partial charge in [0.1, 0.15) is 5.60 Å². The summed E-state index contributed by atoms with van der Waals surface area (Å²) >= 11 is 0. The Morgan fingerprint density at radius 2 is 0.533 bits per heavy atom. The summed E-state index contributed by atoms with van der Waals surface area (Å²) in [5.41, 5.74) is -1.45. The van der Waals surface area contributed by atoms with Crippen LogP contribution in [-0.2, 0) is 47.5 Å². The summed E-state index contributed by atoms with van der Waals surface area (Å²) in [7, 11) is 6.43. The fraction of sp³-hybridized carbons (Fsp3) is 0.950. The van der Waals surface area contributed by atoms with Gasteiger partial charge in [-0.05, 0) is 55.4 Å². The lowest BCUT2D eigenvalue weighted by atomic mass is 9.95. The molecule has 0 aliphatic carbocycles. The molecule has 0 unspecified atom stereocenters. The number of hydrogen-bond donors (Lipinski definition) is 8. The van der Waals surface area contributed by atoms with E-state index in [1.165, 1.54) is 9.80 Å². The summed E-state index contributed by atoms with van der Waals surface area (Å²) in [5, 5.41) is 66.9. The zero-order chi connectivity index (χ0) is 48.1. The normalized spacial score (nSPS) is 9.67. The van der Waals surface area contributed by atoms with Crippen LogP contribution in [0.5, 0.6) is 0 Å². The number of carbonyl (C=O) groups is 2. The van der Waals surface area contributed by atoms with Crippen molar-refractivity contribution in [3.05, 3.63) is 0 Å². The molecule has 0 aliphatic heterocycles. The summed E-state index contributed by atoms with van der Waals surface area (Å²) in [4.78, 5) is 26.1. The highest BCUT2D eigenvalue weighted by atomic mass is 16.5. The maximum atomic E-state index is 11.7. The summed E-state index contributed by atoms with van der Waals surface area (Å²) in [6, 6.07) is 0. The molecule has 20 heteroatoms. The Balaban J connectivity index is -0.0000000913. The SMILES string of the molecule is CCOCC(O)(CC(=O)N(C)C)CC(=O)N(C)C.CCOCCO.CCOCCO.CCOCCO.CCOCCO.CCOCCO.CCOCCO.CCOCCO. The predicted octanol–water partition coefficient (Wildman–Crippen LogP) is -0.183. The van der Waals surface area contributed by atoms with E-state index in [1.807, 2.05) is 48.5 Å². The molecule has 0 aliphatic rings. The summed E-state index contributed by atoms with van der Waals surface area (Å²) in [6.45, 7) is 24.6. The van der Waals surface area contributed by atoms with E-state index in [4.69, 9.17) is 73.6 Å². The summed E-state index contributed by atoms with van der Waals surface area (Å²) < 4.78 is 38.3. The molecule has 0 heterocycles. The second kappa shape index (κ2) is 74.7. The van der Waals surface area contributed by atoms with Crippen molar-refractivity contribution in [1.82, 2.24) is 9.80 Å². The molecule has 0 saturated heterocycles. The molecule has 0 aromatic heterocycles. The lowest BCUT2D eigenvalue weighted by Gasteiger charge is -2.29. The number of rotatable bonds is 28. The lowest BCUT2D eigenvalue weighted by molar-refractivity contribution is -0.144. The van der Waals surface area contributed by atoms with Crippen LogP contribution in [0.15, 0.2) is 0 Å². The van der Waals surface area contributed by atoms with E-state index in [-0.39, 0.29) is 77.5 Å². The second-order valence-corrected chi connectivity index (χ2v) is 11.2. The molecule has 372 valence electrons. The van der Waals surface area contributed by atoms with Gasteiger partial charge in [-0.2, -0.15) is 0 Å². The number of aliphatic hydroxyl groups is 8. The highest BCUT2D eigenvalue weighted by Crippen LogP contribution is 2.18. The zero-order valence-corrected chi connectivity index (χ0v) is 39.7. The van der Waals surface area contributed by atoms with E-state index >= 15 is 0 Å². The second-order valence-electron chi connectivity index (χ2n) is 11.2. The standard InChI is InChI=1S/C12H24N2O4.7C4H10O2/c1-6-18-9-12(17,7-10(15)13(2)3)8-11(16)14(4)5;7*1-2-6-4-3-5/h17H,6-9H2,1-5H3;7*5H,2-4H2,1H3. The molecule has 2 amide bonds. The minimum Gasteiger partial charge on any atom is -0.394 e. The van der Waals surface area contributed by atoms with Crippen molar-refractivity contribution in [2.24, 2.45) is 0 Å². The molecule has 0 bridgehead atoms. The molecule has 0 fully saturated rings. The van der Waals surface area contributed by atoms with Crippen molar-refractivity contribution in [3.8, 4) is 0 Å². The lowest BCUT2D eigenvalue weighted by Crippen LogP contribution is -2.44. The quantitative estimate of drug-likeness (QED) is 0.0473. The Morgan fingerprint density at radius 3 is 0.633 bits per heavy atom. The molecule has 0 spiro atoms. The van der Waals surface area contributed by atoms with Gasteiger partial charge in [-0.3, -0.25) is 9.59 Å². The van der Waals surface area contributed by atoms with Crippen molar-refractivity contribution >= 4 is 11.8 Å². The third kappa shape index (κ3) is 96.2. The van der Waals surface area contributed by atoms with Crippen LogP contribution in [0, 0.1) is 0 Å². The van der Waals surface area contributed by atoms with Crippen molar-refractivity contribution in [1.29, 1.82) is 0 Å². The molecule has 0 rings (SSSR count). The smallest absolute Gasteiger partial charge is 0.225 e. The van der Waals surface area contributed by atoms with Gasteiger partial charge >= 0.3 is 0 Å². The number of aliphatic hydroxyl groups excluding tert-OH is 7. The Labute approximate surface area is 363 Å². The minimum atomic E-state index is -1.45. The summed E-state index contributed by atoms with van der Waals surface area (Å²) in [5.74, 6) is -0.465. The molecule has 0 aromatic carbocycles. The van der Waals surface area contributed by atoms with E-state index < -0.39 is 5.60 Å². The predicted molar refractivity (Wildman–Crippen MR) is 233 cm³/mol. The van der Waals surface area contributed by atoms with Crippen LogP contribution in [0.1, 0.15) is 68.2 Å². The first-order valence-electron chi connectivity index (χ1n) is 20.6. The van der Waals surface area contributed by atoms with E-state index in [2.05, 4.69) is 0 Å². The van der Waals surface area contributed by atoms with Gasteiger partial charge in [-0.25, -0.2) is 0 Å². The Kier molecular flexibility index (Phi) is 94.2. The Hall–Kier alpha value is -1.70. The van der Waals surface area contributed by atoms with Crippen LogP contribution in [0.3, 0.4) is 0 Å². The number of ether oxygens (including phenoxy) is 8. The monoisotopic (exact) mass is 891 g/mol. The molecule has 0 atom stereocenters. The van der Waals surface area contributed by atoms with Crippen LogP contribution in [-0.4, -0.2) is 248 Å². The molecular formula is C40H94N2O18. The van der Waals surface area contributed by atoms with Crippen LogP contribution in [0.25, 0.3) is 0 Å². The van der Waals surface area contributed by atoms with Crippen molar-refractivity contribution in [2.45, 2.75) is 73.8 Å². The van der Waals surface area contributed by atoms with E-state index in [0.29, 0.717) is 99.1 Å². The molecule has 0 aromatic rings. The first-order valence-corrected chi connectivity index (χ1v) is 20.6. The van der Waals surface area contributed by atoms with E-state index in [1.54, 1.807) is 35.1 Å². The van der Waals surface area contributed by atoms with Gasteiger partial charge < -0.3 is 88.5 Å². The number of nitrogens with zero attached hydrogens (tertiary/aromatic N) is 2. The van der Waals surface area contributed by atoms with Crippen molar-refractivity contribution in [3.63, 3.8) is 0 Å². The first-order chi connectivity index (χ1) is 28.6. The van der Waals surface area contributed by atoms with Gasteiger partial charge in [0.05, 0.1) is 112 Å². The maximum absolute atomic E-state index is 11.7. The Morgan fingerprint density at radius 1 is 0.367 bits per heavy atom. The highest BCUT2D eigenvalue weighted by Gasteiger charge is 2.34. The van der Waals surface area contributed by atoms with Gasteiger partial charge in [0.2, 0.25) is 11.8 Å². The minimum absolute atomic E-state index is 0.0251. The van der Waals surface area contributed by atoms with Crippen molar-refractivity contribution in [2.75, 3.05) is 180 Å². The van der Waals surface area contributed by atoms with Gasteiger partial charge in [0.15, 0.2) is 0 Å². The highest BCUT2D eigenvalue weighted by molar-refractivity contribution is 5.80. The third-order valence-electron chi connectivity index (χ3n) is 5.61. The number of amides is 2. The molecular weight excluding hydrogens is 796 g/mol. The van der Waals surface area contributed by atoms with E-state index in [0.717, 1.165) is 0 Å². The third-order valence-corrected chi connectivity index (χ3v) is 5.61. The summed E-state index contributed by atoms with van der Waals surface area (Å²) in [6.07, 6.45) is -0.251. The molecule has 0 saturated carbocycles. The molecule has 0 radical (unpaired) electrons. The van der Waals surface area contributed by atoms with Gasteiger partial charge in [-0.1, -0.05) is 0 Å².